The van der Waals surface area contributed by atoms with E-state index >= 15 is 0 Å². The fraction of sp³-hybridized carbons (Fsp3) is 0.312. The van der Waals surface area contributed by atoms with Crippen molar-refractivity contribution < 1.29 is 0 Å². The van der Waals surface area contributed by atoms with E-state index in [0.29, 0.717) is 23.3 Å². The number of aryl methyl sites for hydroxylation is 3. The summed E-state index contributed by atoms with van der Waals surface area (Å²) in [4.78, 5) is 26.0. The Bertz CT molecular complexity index is 1630. The number of fused-ring (bicyclic) bond motifs is 1. The smallest absolute Gasteiger partial charge is 0.271 e. The molecule has 0 radical (unpaired) electrons. The number of hydrogen-bond acceptors (Lipinski definition) is 5. The van der Waals surface area contributed by atoms with Crippen LogP contribution in [0.1, 0.15) is 47.7 Å². The van der Waals surface area contributed by atoms with Crippen molar-refractivity contribution in [3.8, 4) is 6.07 Å². The fourth-order valence-electron chi connectivity index (χ4n) is 5.72. The van der Waals surface area contributed by atoms with Crippen LogP contribution in [0.25, 0.3) is 15.9 Å². The standard InChI is InChI=1S/C32H32N6O/c1-20-7-11-24(12-8-20)30(25-13-9-21(2)10-14-25)37-18-23(4)38(19-22(37)3)31-26(17-33)32(39)36(6)27-15-16-28(34-5)35-29(27)31/h7-16,22-23,30H,18-19H2,1-4,6H3/t22-,23+/m1/s1. The molecule has 0 saturated carbocycles. The topological polar surface area (TPSA) is 69.5 Å². The summed E-state index contributed by atoms with van der Waals surface area (Å²) < 4.78 is 1.45. The van der Waals surface area contributed by atoms with Gasteiger partial charge in [0.25, 0.3) is 11.4 Å². The van der Waals surface area contributed by atoms with E-state index in [0.717, 1.165) is 6.54 Å². The summed E-state index contributed by atoms with van der Waals surface area (Å²) in [5.41, 5.74) is 6.29. The quantitative estimate of drug-likeness (QED) is 0.327. The van der Waals surface area contributed by atoms with Crippen LogP contribution in [0.4, 0.5) is 11.5 Å². The molecule has 3 heterocycles. The number of aromatic nitrogens is 2. The first-order valence-corrected chi connectivity index (χ1v) is 13.2. The Morgan fingerprint density at radius 2 is 1.54 bits per heavy atom. The van der Waals surface area contributed by atoms with Crippen LogP contribution in [0.2, 0.25) is 0 Å². The van der Waals surface area contributed by atoms with Crippen LogP contribution in [-0.4, -0.2) is 39.6 Å². The van der Waals surface area contributed by atoms with E-state index in [1.165, 1.54) is 26.8 Å². The summed E-state index contributed by atoms with van der Waals surface area (Å²) in [6.07, 6.45) is 0. The number of rotatable bonds is 4. The monoisotopic (exact) mass is 516 g/mol. The van der Waals surface area contributed by atoms with Gasteiger partial charge in [0, 0.05) is 32.2 Å². The van der Waals surface area contributed by atoms with Gasteiger partial charge in [-0.1, -0.05) is 66.2 Å². The first-order valence-electron chi connectivity index (χ1n) is 13.2. The molecule has 0 N–H and O–H groups in total. The van der Waals surface area contributed by atoms with Crippen molar-refractivity contribution in [3.63, 3.8) is 0 Å². The molecule has 1 fully saturated rings. The maximum atomic E-state index is 13.2. The van der Waals surface area contributed by atoms with Gasteiger partial charge in [-0.3, -0.25) is 9.69 Å². The minimum atomic E-state index is -0.350. The Kier molecular flexibility index (Phi) is 6.95. The van der Waals surface area contributed by atoms with Gasteiger partial charge in [0.1, 0.15) is 17.3 Å². The van der Waals surface area contributed by atoms with Crippen molar-refractivity contribution in [1.29, 1.82) is 5.26 Å². The summed E-state index contributed by atoms with van der Waals surface area (Å²) in [7, 11) is 1.65. The molecule has 1 aliphatic heterocycles. The lowest BCUT2D eigenvalue weighted by atomic mass is 9.92. The van der Waals surface area contributed by atoms with E-state index in [1.807, 2.05) is 0 Å². The zero-order valence-corrected chi connectivity index (χ0v) is 23.0. The van der Waals surface area contributed by atoms with Crippen LogP contribution in [-0.2, 0) is 7.05 Å². The molecule has 5 rings (SSSR count). The van der Waals surface area contributed by atoms with Gasteiger partial charge in [0.2, 0.25) is 5.52 Å². The molecule has 1 saturated heterocycles. The maximum Gasteiger partial charge on any atom is 0.271 e. The Hall–Kier alpha value is -4.46. The predicted octanol–water partition coefficient (Wildman–Crippen LogP) is 5.66. The Labute approximate surface area is 229 Å². The molecule has 1 aliphatic rings. The summed E-state index contributed by atoms with van der Waals surface area (Å²) in [6, 6.07) is 23.1. The molecule has 0 unspecified atom stereocenters. The molecule has 4 aromatic rings. The fourth-order valence-corrected chi connectivity index (χ4v) is 5.72. The second-order valence-electron chi connectivity index (χ2n) is 10.6. The SMILES string of the molecule is [C-]#[N+]c1ccc2c(n1)c(N1C[C@@H](C)N(C(c3ccc(C)cc3)c3ccc(C)cc3)C[C@@H]1C)c(C#N)c(=O)n2C. The molecule has 2 aromatic carbocycles. The van der Waals surface area contributed by atoms with E-state index in [9.17, 15) is 10.1 Å². The number of piperazine rings is 1. The summed E-state index contributed by atoms with van der Waals surface area (Å²) >= 11 is 0. The Balaban J connectivity index is 1.61. The van der Waals surface area contributed by atoms with Gasteiger partial charge >= 0.3 is 0 Å². The van der Waals surface area contributed by atoms with Crippen LogP contribution < -0.4 is 10.5 Å². The Morgan fingerprint density at radius 1 is 0.949 bits per heavy atom. The molecule has 39 heavy (non-hydrogen) atoms. The van der Waals surface area contributed by atoms with Gasteiger partial charge in [0.05, 0.1) is 11.6 Å². The molecule has 7 nitrogen and oxygen atoms in total. The molecule has 0 amide bonds. The average Bonchev–Trinajstić information content (AvgIpc) is 2.94. The molecule has 0 bridgehead atoms. The van der Waals surface area contributed by atoms with Gasteiger partial charge in [-0.05, 0) is 51.0 Å². The number of pyridine rings is 2. The van der Waals surface area contributed by atoms with Crippen molar-refractivity contribution in [2.45, 2.75) is 45.8 Å². The number of nitriles is 1. The van der Waals surface area contributed by atoms with Crippen molar-refractivity contribution in [2.75, 3.05) is 18.0 Å². The van der Waals surface area contributed by atoms with Crippen LogP contribution in [0.5, 0.6) is 0 Å². The van der Waals surface area contributed by atoms with Gasteiger partial charge in [-0.15, -0.1) is 4.98 Å². The number of anilines is 1. The largest absolute Gasteiger partial charge is 0.361 e. The molecule has 7 heteroatoms. The zero-order valence-electron chi connectivity index (χ0n) is 23.0. The molecule has 0 spiro atoms. The lowest BCUT2D eigenvalue weighted by Crippen LogP contribution is -2.58. The Morgan fingerprint density at radius 3 is 2.08 bits per heavy atom. The highest BCUT2D eigenvalue weighted by Gasteiger charge is 2.37. The van der Waals surface area contributed by atoms with E-state index in [1.54, 1.807) is 19.2 Å². The van der Waals surface area contributed by atoms with Gasteiger partial charge in [-0.25, -0.2) is 0 Å². The highest BCUT2D eigenvalue weighted by Crippen LogP contribution is 2.37. The maximum absolute atomic E-state index is 13.2. The first-order chi connectivity index (χ1) is 18.7. The lowest BCUT2D eigenvalue weighted by Gasteiger charge is -2.48. The number of benzene rings is 2. The van der Waals surface area contributed by atoms with Gasteiger partial charge in [-0.2, -0.15) is 5.26 Å². The highest BCUT2D eigenvalue weighted by molar-refractivity contribution is 5.93. The van der Waals surface area contributed by atoms with Gasteiger partial charge in [0.15, 0.2) is 0 Å². The number of nitrogens with zero attached hydrogens (tertiary/aromatic N) is 6. The third kappa shape index (κ3) is 4.67. The van der Waals surface area contributed by atoms with Crippen LogP contribution in [0, 0.1) is 31.8 Å². The first kappa shape index (κ1) is 26.2. The van der Waals surface area contributed by atoms with Crippen LogP contribution >= 0.6 is 0 Å². The van der Waals surface area contributed by atoms with Crippen molar-refractivity contribution in [1.82, 2.24) is 14.5 Å². The summed E-state index contributed by atoms with van der Waals surface area (Å²) in [6.45, 7) is 17.3. The molecule has 0 aliphatic carbocycles. The third-order valence-electron chi connectivity index (χ3n) is 7.87. The van der Waals surface area contributed by atoms with E-state index in [4.69, 9.17) is 6.57 Å². The highest BCUT2D eigenvalue weighted by atomic mass is 16.1. The number of hydrogen-bond donors (Lipinski definition) is 0. The minimum Gasteiger partial charge on any atom is -0.361 e. The third-order valence-corrected chi connectivity index (χ3v) is 7.87. The average molecular weight is 517 g/mol. The van der Waals surface area contributed by atoms with E-state index in [-0.39, 0.29) is 35.1 Å². The lowest BCUT2D eigenvalue weighted by molar-refractivity contribution is 0.130. The zero-order chi connectivity index (χ0) is 27.8. The molecule has 196 valence electrons. The summed E-state index contributed by atoms with van der Waals surface area (Å²) in [5.74, 6) is 0.240. The van der Waals surface area contributed by atoms with Crippen molar-refractivity contribution in [3.05, 3.63) is 110 Å². The second kappa shape index (κ2) is 10.4. The van der Waals surface area contributed by atoms with Gasteiger partial charge < -0.3 is 14.3 Å². The normalized spacial score (nSPS) is 17.8. The minimum absolute atomic E-state index is 0.0135. The molecular weight excluding hydrogens is 484 g/mol. The van der Waals surface area contributed by atoms with E-state index in [2.05, 4.69) is 102 Å². The van der Waals surface area contributed by atoms with Crippen molar-refractivity contribution >= 4 is 22.5 Å². The molecular formula is C32H32N6O. The summed E-state index contributed by atoms with van der Waals surface area (Å²) in [5, 5.41) is 10.1. The van der Waals surface area contributed by atoms with Crippen molar-refractivity contribution in [2.24, 2.45) is 7.05 Å². The second-order valence-corrected chi connectivity index (χ2v) is 10.6. The van der Waals surface area contributed by atoms with Crippen LogP contribution in [0.3, 0.4) is 0 Å². The predicted molar refractivity (Wildman–Crippen MR) is 155 cm³/mol. The van der Waals surface area contributed by atoms with E-state index < -0.39 is 0 Å². The molecule has 2 aromatic heterocycles. The van der Waals surface area contributed by atoms with Crippen LogP contribution in [0.15, 0.2) is 65.5 Å². The molecule has 2 atom stereocenters.